The fourth-order valence-corrected chi connectivity index (χ4v) is 1.17. The first-order chi connectivity index (χ1) is 7.56. The Hall–Kier alpha value is -1.82. The van der Waals surface area contributed by atoms with Crippen LogP contribution in [0.15, 0.2) is 12.4 Å². The van der Waals surface area contributed by atoms with Crippen molar-refractivity contribution in [2.24, 2.45) is 5.73 Å². The van der Waals surface area contributed by atoms with E-state index in [9.17, 15) is 9.59 Å². The molecule has 2 N–H and O–H groups in total. The number of nitrogens with two attached hydrogens (primary N) is 1. The molecule has 0 atom stereocenters. The molecule has 0 radical (unpaired) electrons. The van der Waals surface area contributed by atoms with Crippen LogP contribution in [0.4, 0.5) is 0 Å². The Morgan fingerprint density at radius 1 is 1.38 bits per heavy atom. The minimum absolute atomic E-state index is 0.147. The average Bonchev–Trinajstić information content (AvgIpc) is 2.25. The summed E-state index contributed by atoms with van der Waals surface area (Å²) in [5.41, 5.74) is 6.19. The molecule has 1 aromatic rings. The van der Waals surface area contributed by atoms with Gasteiger partial charge >= 0.3 is 0 Å². The van der Waals surface area contributed by atoms with E-state index >= 15 is 0 Å². The number of imide groups is 1. The van der Waals surface area contributed by atoms with Gasteiger partial charge in [0.05, 0.1) is 11.9 Å². The fourth-order valence-electron chi connectivity index (χ4n) is 1.17. The largest absolute Gasteiger partial charge is 0.329 e. The normalized spacial score (nSPS) is 9.94. The molecule has 1 heterocycles. The van der Waals surface area contributed by atoms with Crippen molar-refractivity contribution in [2.75, 3.05) is 13.1 Å². The fraction of sp³-hybridized carbons (Fsp3) is 0.400. The monoisotopic (exact) mass is 222 g/mol. The second-order valence-electron chi connectivity index (χ2n) is 3.31. The molecule has 0 spiro atoms. The molecule has 0 unspecified atom stereocenters. The molecule has 2 amide bonds. The van der Waals surface area contributed by atoms with Crippen LogP contribution in [0, 0.1) is 6.92 Å². The van der Waals surface area contributed by atoms with Gasteiger partial charge in [0, 0.05) is 26.2 Å². The van der Waals surface area contributed by atoms with Gasteiger partial charge in [-0.2, -0.15) is 0 Å². The molecule has 0 aliphatic carbocycles. The Morgan fingerprint density at radius 3 is 2.50 bits per heavy atom. The van der Waals surface area contributed by atoms with Crippen LogP contribution in [0.25, 0.3) is 0 Å². The van der Waals surface area contributed by atoms with Crippen LogP contribution < -0.4 is 5.73 Å². The van der Waals surface area contributed by atoms with E-state index in [1.807, 2.05) is 0 Å². The summed E-state index contributed by atoms with van der Waals surface area (Å²) < 4.78 is 0. The molecular weight excluding hydrogens is 208 g/mol. The number of amides is 2. The van der Waals surface area contributed by atoms with Crippen molar-refractivity contribution < 1.29 is 9.59 Å². The van der Waals surface area contributed by atoms with Crippen LogP contribution in [0.3, 0.4) is 0 Å². The number of hydrogen-bond donors (Lipinski definition) is 1. The lowest BCUT2D eigenvalue weighted by Gasteiger charge is -2.17. The number of aryl methyl sites for hydroxylation is 1. The molecular formula is C10H14N4O2. The highest BCUT2D eigenvalue weighted by Crippen LogP contribution is 2.01. The molecule has 0 aliphatic heterocycles. The van der Waals surface area contributed by atoms with Gasteiger partial charge in [-0.1, -0.05) is 0 Å². The lowest BCUT2D eigenvalue weighted by Crippen LogP contribution is -2.39. The Kier molecular flexibility index (Phi) is 4.07. The van der Waals surface area contributed by atoms with Crippen molar-refractivity contribution in [1.29, 1.82) is 0 Å². The topological polar surface area (TPSA) is 89.2 Å². The maximum atomic E-state index is 11.8. The van der Waals surface area contributed by atoms with E-state index in [0.717, 1.165) is 4.90 Å². The first kappa shape index (κ1) is 12.3. The number of carbonyl (C=O) groups excluding carboxylic acids is 2. The third-order valence-electron chi connectivity index (χ3n) is 1.98. The van der Waals surface area contributed by atoms with E-state index < -0.39 is 5.91 Å². The van der Waals surface area contributed by atoms with E-state index in [-0.39, 0.29) is 24.7 Å². The minimum atomic E-state index is -0.467. The Bertz CT molecular complexity index is 388. The standard InChI is InChI=1S/C10H14N4O2/c1-7-5-13-9(6-12-7)10(16)14(4-3-11)8(2)15/h5-6H,3-4,11H2,1-2H3. The number of rotatable bonds is 3. The first-order valence-corrected chi connectivity index (χ1v) is 4.87. The summed E-state index contributed by atoms with van der Waals surface area (Å²) in [5, 5.41) is 0. The van der Waals surface area contributed by atoms with E-state index in [4.69, 9.17) is 5.73 Å². The maximum absolute atomic E-state index is 11.8. The van der Waals surface area contributed by atoms with Crippen LogP contribution in [0.2, 0.25) is 0 Å². The summed E-state index contributed by atoms with van der Waals surface area (Å²) in [6.07, 6.45) is 2.83. The zero-order chi connectivity index (χ0) is 12.1. The quantitative estimate of drug-likeness (QED) is 0.760. The summed E-state index contributed by atoms with van der Waals surface area (Å²) in [4.78, 5) is 32.0. The number of nitrogens with zero attached hydrogens (tertiary/aromatic N) is 3. The molecule has 1 aromatic heterocycles. The zero-order valence-corrected chi connectivity index (χ0v) is 9.30. The van der Waals surface area contributed by atoms with E-state index in [1.165, 1.54) is 19.3 Å². The summed E-state index contributed by atoms with van der Waals surface area (Å²) in [5.74, 6) is -0.816. The molecule has 86 valence electrons. The zero-order valence-electron chi connectivity index (χ0n) is 9.30. The van der Waals surface area contributed by atoms with Crippen LogP contribution in [-0.2, 0) is 4.79 Å². The Morgan fingerprint density at radius 2 is 2.06 bits per heavy atom. The van der Waals surface area contributed by atoms with Crippen LogP contribution in [0.1, 0.15) is 23.1 Å². The predicted molar refractivity (Wildman–Crippen MR) is 57.5 cm³/mol. The van der Waals surface area contributed by atoms with Crippen LogP contribution in [0.5, 0.6) is 0 Å². The SMILES string of the molecule is CC(=O)N(CCN)C(=O)c1cnc(C)cn1. The lowest BCUT2D eigenvalue weighted by atomic mass is 10.3. The minimum Gasteiger partial charge on any atom is -0.329 e. The molecule has 16 heavy (non-hydrogen) atoms. The second kappa shape index (κ2) is 5.32. The van der Waals surface area contributed by atoms with E-state index in [0.29, 0.717) is 5.69 Å². The summed E-state index contributed by atoms with van der Waals surface area (Å²) in [6.45, 7) is 3.49. The number of carbonyl (C=O) groups is 2. The summed E-state index contributed by atoms with van der Waals surface area (Å²) in [7, 11) is 0. The van der Waals surface area contributed by atoms with Gasteiger partial charge in [0.1, 0.15) is 5.69 Å². The predicted octanol–water partition coefficient (Wildman–Crippen LogP) is -0.268. The highest BCUT2D eigenvalue weighted by molar-refractivity contribution is 6.02. The molecule has 1 rings (SSSR count). The smallest absolute Gasteiger partial charge is 0.280 e. The molecule has 0 fully saturated rings. The van der Waals surface area contributed by atoms with Crippen LogP contribution in [-0.4, -0.2) is 39.8 Å². The molecule has 0 aliphatic rings. The van der Waals surface area contributed by atoms with Crippen molar-refractivity contribution in [1.82, 2.24) is 14.9 Å². The van der Waals surface area contributed by atoms with Gasteiger partial charge in [-0.05, 0) is 6.92 Å². The van der Waals surface area contributed by atoms with E-state index in [1.54, 1.807) is 6.92 Å². The average molecular weight is 222 g/mol. The van der Waals surface area contributed by atoms with Crippen molar-refractivity contribution in [3.8, 4) is 0 Å². The first-order valence-electron chi connectivity index (χ1n) is 4.87. The van der Waals surface area contributed by atoms with Gasteiger partial charge in [-0.3, -0.25) is 19.5 Å². The Balaban J connectivity index is 2.90. The maximum Gasteiger partial charge on any atom is 0.280 e. The van der Waals surface area contributed by atoms with Gasteiger partial charge in [-0.25, -0.2) is 4.98 Å². The van der Waals surface area contributed by atoms with Crippen molar-refractivity contribution in [3.05, 3.63) is 23.8 Å². The van der Waals surface area contributed by atoms with Crippen molar-refractivity contribution in [3.63, 3.8) is 0 Å². The van der Waals surface area contributed by atoms with Gasteiger partial charge in [0.15, 0.2) is 0 Å². The van der Waals surface area contributed by atoms with Gasteiger partial charge in [0.25, 0.3) is 5.91 Å². The number of hydrogen-bond acceptors (Lipinski definition) is 5. The van der Waals surface area contributed by atoms with Gasteiger partial charge in [-0.15, -0.1) is 0 Å². The molecule has 6 heteroatoms. The molecule has 0 aromatic carbocycles. The van der Waals surface area contributed by atoms with Crippen molar-refractivity contribution in [2.45, 2.75) is 13.8 Å². The molecule has 0 bridgehead atoms. The summed E-state index contributed by atoms with van der Waals surface area (Å²) in [6, 6.07) is 0. The highest BCUT2D eigenvalue weighted by Gasteiger charge is 2.20. The van der Waals surface area contributed by atoms with Crippen LogP contribution >= 0.6 is 0 Å². The van der Waals surface area contributed by atoms with Gasteiger partial charge in [0.2, 0.25) is 5.91 Å². The van der Waals surface area contributed by atoms with Crippen molar-refractivity contribution >= 4 is 11.8 Å². The lowest BCUT2D eigenvalue weighted by molar-refractivity contribution is -0.126. The third kappa shape index (κ3) is 2.83. The highest BCUT2D eigenvalue weighted by atomic mass is 16.2. The summed E-state index contributed by atoms with van der Waals surface area (Å²) >= 11 is 0. The third-order valence-corrected chi connectivity index (χ3v) is 1.98. The second-order valence-corrected chi connectivity index (χ2v) is 3.31. The molecule has 6 nitrogen and oxygen atoms in total. The molecule has 0 saturated heterocycles. The Labute approximate surface area is 93.5 Å². The molecule has 0 saturated carbocycles. The van der Waals surface area contributed by atoms with E-state index in [2.05, 4.69) is 9.97 Å². The number of aromatic nitrogens is 2. The van der Waals surface area contributed by atoms with Gasteiger partial charge < -0.3 is 5.73 Å².